The van der Waals surface area contributed by atoms with Gasteiger partial charge in [0.25, 0.3) is 0 Å². The lowest BCUT2D eigenvalue weighted by Gasteiger charge is -2.17. The van der Waals surface area contributed by atoms with E-state index >= 15 is 0 Å². The molecular formula is C10H11NOS2. The van der Waals surface area contributed by atoms with Gasteiger partial charge < -0.3 is 10.1 Å². The summed E-state index contributed by atoms with van der Waals surface area (Å²) in [5.74, 6) is 0. The van der Waals surface area contributed by atoms with Gasteiger partial charge in [-0.25, -0.2) is 0 Å². The number of nitrogens with one attached hydrogen (secondary N) is 1. The largest absolute Gasteiger partial charge is 0.373 e. The Labute approximate surface area is 91.5 Å². The highest BCUT2D eigenvalue weighted by Gasteiger charge is 2.24. The van der Waals surface area contributed by atoms with E-state index in [0.29, 0.717) is 0 Å². The molecule has 0 amide bonds. The van der Waals surface area contributed by atoms with Gasteiger partial charge in [0, 0.05) is 5.52 Å². The molecule has 0 saturated carbocycles. The van der Waals surface area contributed by atoms with Crippen molar-refractivity contribution in [1.29, 1.82) is 0 Å². The fourth-order valence-corrected chi connectivity index (χ4v) is 1.88. The van der Waals surface area contributed by atoms with Crippen molar-refractivity contribution in [2.24, 2.45) is 0 Å². The van der Waals surface area contributed by atoms with Crippen molar-refractivity contribution in [3.8, 4) is 0 Å². The zero-order chi connectivity index (χ0) is 10.2. The van der Waals surface area contributed by atoms with Gasteiger partial charge >= 0.3 is 0 Å². The highest BCUT2D eigenvalue weighted by Crippen LogP contribution is 2.36. The van der Waals surface area contributed by atoms with Crippen LogP contribution in [0.25, 0.3) is 10.9 Å². The second-order valence-electron chi connectivity index (χ2n) is 3.34. The summed E-state index contributed by atoms with van der Waals surface area (Å²) < 4.78 is 0. The monoisotopic (exact) mass is 225 g/mol. The topological polar surface area (TPSA) is 36.0 Å². The molecule has 2 N–H and O–H groups in total. The molecular weight excluding hydrogens is 214 g/mol. The first-order chi connectivity index (χ1) is 6.63. The molecule has 2 aromatic rings. The molecule has 0 radical (unpaired) electrons. The lowest BCUT2D eigenvalue weighted by atomic mass is 10.2. The number of H-pyrrole nitrogens is 1. The van der Waals surface area contributed by atoms with E-state index < -0.39 is 4.93 Å². The summed E-state index contributed by atoms with van der Waals surface area (Å²) in [4.78, 5) is 2.20. The minimum Gasteiger partial charge on any atom is -0.373 e. The van der Waals surface area contributed by atoms with Crippen LogP contribution in [0.1, 0.15) is 12.6 Å². The number of fused-ring (bicyclic) bond motifs is 1. The minimum absolute atomic E-state index is 0.777. The summed E-state index contributed by atoms with van der Waals surface area (Å²) in [5.41, 5.74) is 1.81. The molecule has 1 unspecified atom stereocenters. The third-order valence-electron chi connectivity index (χ3n) is 2.21. The number of hydrogen-bond donors (Lipinski definition) is 3. The smallest absolute Gasteiger partial charge is 0.157 e. The molecule has 1 atom stereocenters. The molecule has 1 heterocycles. The Morgan fingerprint density at radius 3 is 2.79 bits per heavy atom. The van der Waals surface area contributed by atoms with Crippen LogP contribution in [0.4, 0.5) is 0 Å². The first-order valence-electron chi connectivity index (χ1n) is 4.27. The Bertz CT molecular complexity index is 417. The third-order valence-corrected chi connectivity index (χ3v) is 3.85. The van der Waals surface area contributed by atoms with Crippen LogP contribution in [0.2, 0.25) is 0 Å². The molecule has 0 aliphatic rings. The number of hydrogen-bond acceptors (Lipinski definition) is 3. The maximum atomic E-state index is 9.95. The minimum atomic E-state index is -0.970. The highest BCUT2D eigenvalue weighted by molar-refractivity contribution is 8.68. The number of aliphatic hydroxyl groups is 1. The second kappa shape index (κ2) is 3.53. The van der Waals surface area contributed by atoms with E-state index in [-0.39, 0.29) is 0 Å². The van der Waals surface area contributed by atoms with Gasteiger partial charge in [-0.1, -0.05) is 29.0 Å². The number of aromatic nitrogens is 1. The van der Waals surface area contributed by atoms with E-state index in [1.165, 1.54) is 0 Å². The Morgan fingerprint density at radius 1 is 1.43 bits per heavy atom. The van der Waals surface area contributed by atoms with Crippen LogP contribution in [0.15, 0.2) is 30.3 Å². The average Bonchev–Trinajstić information content (AvgIpc) is 2.61. The normalized spacial score (nSPS) is 15.6. The quantitative estimate of drug-likeness (QED) is 0.417. The van der Waals surface area contributed by atoms with Crippen molar-refractivity contribution in [2.45, 2.75) is 11.9 Å². The van der Waals surface area contributed by atoms with E-state index in [0.717, 1.165) is 27.4 Å². The molecule has 4 heteroatoms. The molecule has 2 rings (SSSR count). The number of benzene rings is 1. The summed E-state index contributed by atoms with van der Waals surface area (Å²) in [7, 11) is 1.11. The maximum absolute atomic E-state index is 9.95. The lowest BCUT2D eigenvalue weighted by molar-refractivity contribution is 0.157. The van der Waals surface area contributed by atoms with Crippen LogP contribution in [0.3, 0.4) is 0 Å². The van der Waals surface area contributed by atoms with Crippen LogP contribution in [-0.4, -0.2) is 10.1 Å². The van der Waals surface area contributed by atoms with E-state index in [1.807, 2.05) is 30.3 Å². The second-order valence-corrected chi connectivity index (χ2v) is 4.87. The van der Waals surface area contributed by atoms with Crippen molar-refractivity contribution in [3.05, 3.63) is 36.0 Å². The zero-order valence-electron chi connectivity index (χ0n) is 7.69. The molecule has 1 aromatic carbocycles. The molecule has 0 bridgehead atoms. The van der Waals surface area contributed by atoms with Crippen LogP contribution in [-0.2, 0) is 4.93 Å². The first kappa shape index (κ1) is 9.96. The van der Waals surface area contributed by atoms with Crippen molar-refractivity contribution >= 4 is 33.4 Å². The highest BCUT2D eigenvalue weighted by atomic mass is 33.1. The lowest BCUT2D eigenvalue weighted by Crippen LogP contribution is -2.14. The van der Waals surface area contributed by atoms with Crippen LogP contribution >= 0.6 is 22.5 Å². The standard InChI is InChI=1S/C10H11NOS2/c1-10(12,14-13)9-6-7-4-2-3-5-8(7)11-9/h2-6,11-13H,1H3. The van der Waals surface area contributed by atoms with Crippen molar-refractivity contribution in [3.63, 3.8) is 0 Å². The average molecular weight is 225 g/mol. The van der Waals surface area contributed by atoms with Crippen molar-refractivity contribution in [2.75, 3.05) is 0 Å². The molecule has 0 spiro atoms. The summed E-state index contributed by atoms with van der Waals surface area (Å²) in [6.45, 7) is 1.72. The zero-order valence-corrected chi connectivity index (χ0v) is 9.40. The molecule has 74 valence electrons. The van der Waals surface area contributed by atoms with Gasteiger partial charge in [0.2, 0.25) is 0 Å². The number of rotatable bonds is 2. The molecule has 14 heavy (non-hydrogen) atoms. The summed E-state index contributed by atoms with van der Waals surface area (Å²) in [5, 5.41) is 11.1. The van der Waals surface area contributed by atoms with Gasteiger partial charge in [0.1, 0.15) is 0 Å². The predicted octanol–water partition coefficient (Wildman–Crippen LogP) is 2.91. The fourth-order valence-electron chi connectivity index (χ4n) is 1.37. The molecule has 0 fully saturated rings. The van der Waals surface area contributed by atoms with Crippen molar-refractivity contribution in [1.82, 2.24) is 4.98 Å². The van der Waals surface area contributed by atoms with Gasteiger partial charge in [0.05, 0.1) is 5.69 Å². The molecule has 0 aliphatic heterocycles. The van der Waals surface area contributed by atoms with E-state index in [1.54, 1.807) is 6.92 Å². The van der Waals surface area contributed by atoms with Gasteiger partial charge in [-0.3, -0.25) is 0 Å². The maximum Gasteiger partial charge on any atom is 0.157 e. The third kappa shape index (κ3) is 1.65. The van der Waals surface area contributed by atoms with Gasteiger partial charge in [-0.2, -0.15) is 0 Å². The fraction of sp³-hybridized carbons (Fsp3) is 0.200. The number of para-hydroxylation sites is 1. The Kier molecular flexibility index (Phi) is 2.51. The predicted molar refractivity (Wildman–Crippen MR) is 64.4 cm³/mol. The van der Waals surface area contributed by atoms with Crippen LogP contribution in [0, 0.1) is 0 Å². The van der Waals surface area contributed by atoms with Gasteiger partial charge in [0.15, 0.2) is 4.93 Å². The van der Waals surface area contributed by atoms with Gasteiger partial charge in [-0.05, 0) is 24.4 Å². The Balaban J connectivity index is 2.55. The van der Waals surface area contributed by atoms with Crippen molar-refractivity contribution < 1.29 is 5.11 Å². The number of aromatic amines is 1. The molecule has 0 saturated heterocycles. The number of thiol groups is 1. The van der Waals surface area contributed by atoms with Crippen LogP contribution < -0.4 is 0 Å². The van der Waals surface area contributed by atoms with E-state index in [4.69, 9.17) is 0 Å². The summed E-state index contributed by atoms with van der Waals surface area (Å²) in [6.07, 6.45) is 0. The summed E-state index contributed by atoms with van der Waals surface area (Å²) in [6, 6.07) is 9.87. The molecule has 2 nitrogen and oxygen atoms in total. The first-order valence-corrected chi connectivity index (χ1v) is 6.13. The Morgan fingerprint density at radius 2 is 2.14 bits per heavy atom. The van der Waals surface area contributed by atoms with Crippen LogP contribution in [0.5, 0.6) is 0 Å². The summed E-state index contributed by atoms with van der Waals surface area (Å²) >= 11 is 4.04. The molecule has 0 aliphatic carbocycles. The van der Waals surface area contributed by atoms with Gasteiger partial charge in [-0.15, -0.1) is 11.7 Å². The molecule has 1 aromatic heterocycles. The Hall–Kier alpha value is -0.580. The van der Waals surface area contributed by atoms with E-state index in [2.05, 4.69) is 16.6 Å². The van der Waals surface area contributed by atoms with E-state index in [9.17, 15) is 5.11 Å². The SMILES string of the molecule is CC(O)(SS)c1cc2ccccc2[nH]1.